The number of halogens is 1. The fraction of sp³-hybridized carbons (Fsp3) is 0.364. The van der Waals surface area contributed by atoms with Crippen molar-refractivity contribution in [2.24, 2.45) is 0 Å². The van der Waals surface area contributed by atoms with E-state index in [1.807, 2.05) is 12.1 Å². The minimum atomic E-state index is -0.0360. The summed E-state index contributed by atoms with van der Waals surface area (Å²) < 4.78 is 0. The summed E-state index contributed by atoms with van der Waals surface area (Å²) in [4.78, 5) is 17.1. The summed E-state index contributed by atoms with van der Waals surface area (Å²) in [6.07, 6.45) is 1.55. The maximum Gasteiger partial charge on any atom is 0.225 e. The van der Waals surface area contributed by atoms with Crippen LogP contribution < -0.4 is 5.32 Å². The van der Waals surface area contributed by atoms with Gasteiger partial charge in [0, 0.05) is 38.3 Å². The first-order valence-electron chi connectivity index (χ1n) is 9.62. The lowest BCUT2D eigenvalue weighted by Gasteiger charge is -2.21. The van der Waals surface area contributed by atoms with Crippen molar-refractivity contribution >= 4 is 23.2 Å². The van der Waals surface area contributed by atoms with Gasteiger partial charge in [-0.25, -0.2) is 0 Å². The highest BCUT2D eigenvalue weighted by Gasteiger charge is 2.16. The molecule has 0 aliphatic carbocycles. The number of carbonyl (C=O) groups is 1. The van der Waals surface area contributed by atoms with Gasteiger partial charge in [0.1, 0.15) is 6.07 Å². The van der Waals surface area contributed by atoms with E-state index in [0.29, 0.717) is 22.7 Å². The van der Waals surface area contributed by atoms with Crippen LogP contribution in [0.2, 0.25) is 5.02 Å². The van der Waals surface area contributed by atoms with Gasteiger partial charge in [0.05, 0.1) is 10.6 Å². The first-order valence-corrected chi connectivity index (χ1v) is 10.00. The summed E-state index contributed by atoms with van der Waals surface area (Å²) in [5.74, 6) is -0.0360. The Labute approximate surface area is 171 Å². The van der Waals surface area contributed by atoms with Crippen LogP contribution >= 0.6 is 11.6 Å². The molecule has 3 rings (SSSR count). The molecule has 1 N–H and O–H groups in total. The lowest BCUT2D eigenvalue weighted by Crippen LogP contribution is -2.32. The zero-order valence-electron chi connectivity index (χ0n) is 15.9. The van der Waals surface area contributed by atoms with E-state index in [0.717, 1.165) is 45.7 Å². The van der Waals surface area contributed by atoms with Gasteiger partial charge >= 0.3 is 0 Å². The molecule has 1 aliphatic rings. The number of anilines is 1. The van der Waals surface area contributed by atoms with Crippen molar-refractivity contribution in [3.8, 4) is 6.07 Å². The Morgan fingerprint density at radius 3 is 2.57 bits per heavy atom. The predicted octanol–water partition coefficient (Wildman–Crippen LogP) is 3.75. The van der Waals surface area contributed by atoms with E-state index < -0.39 is 0 Å². The average molecular weight is 397 g/mol. The van der Waals surface area contributed by atoms with Gasteiger partial charge in [-0.05, 0) is 43.3 Å². The van der Waals surface area contributed by atoms with Crippen molar-refractivity contribution in [2.75, 3.05) is 38.0 Å². The zero-order chi connectivity index (χ0) is 19.8. The third-order valence-corrected chi connectivity index (χ3v) is 5.27. The molecule has 1 saturated heterocycles. The predicted molar refractivity (Wildman–Crippen MR) is 112 cm³/mol. The van der Waals surface area contributed by atoms with E-state index in [1.54, 1.807) is 18.2 Å². The van der Waals surface area contributed by atoms with Crippen LogP contribution in [-0.2, 0) is 11.3 Å². The summed E-state index contributed by atoms with van der Waals surface area (Å²) in [6.45, 7) is 5.82. The lowest BCUT2D eigenvalue weighted by atomic mass is 10.2. The van der Waals surface area contributed by atoms with Crippen LogP contribution in [0.4, 0.5) is 5.69 Å². The highest BCUT2D eigenvalue weighted by atomic mass is 35.5. The molecule has 2 aromatic rings. The van der Waals surface area contributed by atoms with Crippen molar-refractivity contribution in [3.05, 3.63) is 64.7 Å². The molecule has 0 aromatic heterocycles. The topological polar surface area (TPSA) is 59.4 Å². The SMILES string of the molecule is N#Cc1ccc(NC(=O)CCN2CCCN(Cc3ccccc3)CC2)cc1Cl. The van der Waals surface area contributed by atoms with Crippen molar-refractivity contribution in [2.45, 2.75) is 19.4 Å². The molecule has 146 valence electrons. The summed E-state index contributed by atoms with van der Waals surface area (Å²) >= 11 is 6.01. The van der Waals surface area contributed by atoms with Crippen LogP contribution in [0, 0.1) is 11.3 Å². The molecule has 28 heavy (non-hydrogen) atoms. The molecular formula is C22H25ClN4O. The first kappa shape index (κ1) is 20.3. The number of carbonyl (C=O) groups excluding carboxylic acids is 1. The van der Waals surface area contributed by atoms with Gasteiger partial charge in [0.15, 0.2) is 0 Å². The summed E-state index contributed by atoms with van der Waals surface area (Å²) in [6, 6.07) is 17.5. The number of hydrogen-bond donors (Lipinski definition) is 1. The Bertz CT molecular complexity index is 834. The molecule has 5 nitrogen and oxygen atoms in total. The number of amides is 1. The Morgan fingerprint density at radius 1 is 1.07 bits per heavy atom. The first-order chi connectivity index (χ1) is 13.6. The second-order valence-corrected chi connectivity index (χ2v) is 7.47. The Kier molecular flexibility index (Phi) is 7.44. The number of benzene rings is 2. The van der Waals surface area contributed by atoms with Gasteiger partial charge in [-0.3, -0.25) is 9.69 Å². The van der Waals surface area contributed by atoms with E-state index in [4.69, 9.17) is 16.9 Å². The van der Waals surface area contributed by atoms with Crippen LogP contribution in [0.5, 0.6) is 0 Å². The maximum absolute atomic E-state index is 12.3. The van der Waals surface area contributed by atoms with Gasteiger partial charge in [-0.1, -0.05) is 41.9 Å². The lowest BCUT2D eigenvalue weighted by molar-refractivity contribution is -0.116. The van der Waals surface area contributed by atoms with Gasteiger partial charge in [-0.2, -0.15) is 5.26 Å². The maximum atomic E-state index is 12.3. The Balaban J connectivity index is 1.42. The van der Waals surface area contributed by atoms with Gasteiger partial charge in [0.2, 0.25) is 5.91 Å². The number of rotatable bonds is 6. The van der Waals surface area contributed by atoms with E-state index >= 15 is 0 Å². The molecule has 2 aromatic carbocycles. The van der Waals surface area contributed by atoms with Crippen LogP contribution in [0.3, 0.4) is 0 Å². The second-order valence-electron chi connectivity index (χ2n) is 7.06. The Hall–Kier alpha value is -2.39. The summed E-state index contributed by atoms with van der Waals surface area (Å²) in [7, 11) is 0. The minimum Gasteiger partial charge on any atom is -0.326 e. The molecule has 0 radical (unpaired) electrons. The van der Waals surface area contributed by atoms with E-state index in [-0.39, 0.29) is 5.91 Å². The molecule has 1 aliphatic heterocycles. The molecule has 1 heterocycles. The van der Waals surface area contributed by atoms with Gasteiger partial charge < -0.3 is 10.2 Å². The van der Waals surface area contributed by atoms with E-state index in [2.05, 4.69) is 39.4 Å². The van der Waals surface area contributed by atoms with Gasteiger partial charge in [0.25, 0.3) is 0 Å². The fourth-order valence-corrected chi connectivity index (χ4v) is 3.64. The summed E-state index contributed by atoms with van der Waals surface area (Å²) in [5, 5.41) is 12.1. The highest BCUT2D eigenvalue weighted by molar-refractivity contribution is 6.32. The smallest absolute Gasteiger partial charge is 0.225 e. The molecule has 6 heteroatoms. The third-order valence-electron chi connectivity index (χ3n) is 4.96. The number of nitriles is 1. The van der Waals surface area contributed by atoms with Crippen LogP contribution in [0.25, 0.3) is 0 Å². The quantitative estimate of drug-likeness (QED) is 0.807. The molecular weight excluding hydrogens is 372 g/mol. The third kappa shape index (κ3) is 6.07. The average Bonchev–Trinajstić information content (AvgIpc) is 2.92. The highest BCUT2D eigenvalue weighted by Crippen LogP contribution is 2.20. The number of nitrogens with zero attached hydrogens (tertiary/aromatic N) is 3. The fourth-order valence-electron chi connectivity index (χ4n) is 3.41. The standard InChI is InChI=1S/C22H25ClN4O/c23-21-15-20(8-7-19(21)16-24)25-22(28)9-12-26-10-4-11-27(14-13-26)17-18-5-2-1-3-6-18/h1-3,5-8,15H,4,9-14,17H2,(H,25,28). The number of nitrogens with one attached hydrogen (secondary N) is 1. The van der Waals surface area contributed by atoms with Crippen molar-refractivity contribution < 1.29 is 4.79 Å². The monoisotopic (exact) mass is 396 g/mol. The number of hydrogen-bond acceptors (Lipinski definition) is 4. The largest absolute Gasteiger partial charge is 0.326 e. The normalized spacial score (nSPS) is 15.6. The molecule has 0 saturated carbocycles. The molecule has 0 atom stereocenters. The molecule has 1 fully saturated rings. The van der Waals surface area contributed by atoms with E-state index in [1.165, 1.54) is 5.56 Å². The van der Waals surface area contributed by atoms with Crippen molar-refractivity contribution in [1.82, 2.24) is 9.80 Å². The van der Waals surface area contributed by atoms with Crippen LogP contribution in [-0.4, -0.2) is 48.4 Å². The Morgan fingerprint density at radius 2 is 1.82 bits per heavy atom. The van der Waals surface area contributed by atoms with Gasteiger partial charge in [-0.15, -0.1) is 0 Å². The minimum absolute atomic E-state index is 0.0360. The molecule has 0 spiro atoms. The van der Waals surface area contributed by atoms with Crippen molar-refractivity contribution in [1.29, 1.82) is 5.26 Å². The molecule has 0 bridgehead atoms. The zero-order valence-corrected chi connectivity index (χ0v) is 16.7. The van der Waals surface area contributed by atoms with Crippen molar-refractivity contribution in [3.63, 3.8) is 0 Å². The molecule has 1 amide bonds. The molecule has 0 unspecified atom stereocenters. The van der Waals surface area contributed by atoms with E-state index in [9.17, 15) is 4.79 Å². The van der Waals surface area contributed by atoms with Crippen LogP contribution in [0.1, 0.15) is 24.0 Å². The second kappa shape index (κ2) is 10.2. The summed E-state index contributed by atoms with van der Waals surface area (Å²) in [5.41, 5.74) is 2.37. The van der Waals surface area contributed by atoms with Crippen LogP contribution in [0.15, 0.2) is 48.5 Å².